The second-order valence-corrected chi connectivity index (χ2v) is 9.36. The lowest BCUT2D eigenvalue weighted by molar-refractivity contribution is 0.336. The van der Waals surface area contributed by atoms with Gasteiger partial charge >= 0.3 is 0 Å². The van der Waals surface area contributed by atoms with Crippen molar-refractivity contribution in [2.75, 3.05) is 30.4 Å². The third-order valence-electron chi connectivity index (χ3n) is 6.77. The molecule has 4 heterocycles. The number of nitriles is 1. The molecule has 5 rings (SSSR count). The van der Waals surface area contributed by atoms with Gasteiger partial charge in [-0.25, -0.2) is 15.0 Å². The molecule has 1 aliphatic heterocycles. The van der Waals surface area contributed by atoms with E-state index in [1.165, 1.54) is 0 Å². The Hall–Kier alpha value is -4.26. The van der Waals surface area contributed by atoms with Crippen LogP contribution in [0.1, 0.15) is 32.4 Å². The van der Waals surface area contributed by atoms with Gasteiger partial charge in [0.1, 0.15) is 17.6 Å². The van der Waals surface area contributed by atoms with Gasteiger partial charge < -0.3 is 19.5 Å². The van der Waals surface area contributed by atoms with Crippen molar-refractivity contribution in [2.45, 2.75) is 40.2 Å². The summed E-state index contributed by atoms with van der Waals surface area (Å²) in [5.41, 5.74) is 3.06. The lowest BCUT2D eigenvalue weighted by Crippen LogP contribution is -2.38. The van der Waals surface area contributed by atoms with Crippen molar-refractivity contribution in [3.05, 3.63) is 42.5 Å². The van der Waals surface area contributed by atoms with E-state index in [1.807, 2.05) is 55.8 Å². The molecule has 1 saturated heterocycles. The SMILES string of the molecule is CCn1cnnc1-c1ccc(Nc2ncc3cc(C)nc(N4CCC(C)(C#N)CC4)c3n2)c(OC)c1. The quantitative estimate of drug-likeness (QED) is 0.423. The lowest BCUT2D eigenvalue weighted by atomic mass is 9.82. The summed E-state index contributed by atoms with van der Waals surface area (Å²) in [5, 5.41) is 22.0. The summed E-state index contributed by atoms with van der Waals surface area (Å²) >= 11 is 0. The first kappa shape index (κ1) is 23.5. The zero-order chi connectivity index (χ0) is 25.3. The number of methoxy groups -OCH3 is 1. The summed E-state index contributed by atoms with van der Waals surface area (Å²) in [6, 6.07) is 10.3. The van der Waals surface area contributed by atoms with E-state index in [4.69, 9.17) is 14.7 Å². The Morgan fingerprint density at radius 3 is 2.72 bits per heavy atom. The summed E-state index contributed by atoms with van der Waals surface area (Å²) in [7, 11) is 1.63. The van der Waals surface area contributed by atoms with Crippen molar-refractivity contribution in [3.63, 3.8) is 0 Å². The third-order valence-corrected chi connectivity index (χ3v) is 6.77. The first-order valence-corrected chi connectivity index (χ1v) is 12.1. The smallest absolute Gasteiger partial charge is 0.227 e. The highest BCUT2D eigenvalue weighted by Crippen LogP contribution is 2.35. The Balaban J connectivity index is 1.47. The number of aromatic nitrogens is 6. The molecule has 1 aliphatic rings. The van der Waals surface area contributed by atoms with Gasteiger partial charge in [0.25, 0.3) is 0 Å². The van der Waals surface area contributed by atoms with E-state index < -0.39 is 0 Å². The van der Waals surface area contributed by atoms with Crippen LogP contribution in [0.5, 0.6) is 5.75 Å². The first-order chi connectivity index (χ1) is 17.4. The van der Waals surface area contributed by atoms with Crippen molar-refractivity contribution >= 4 is 28.4 Å². The van der Waals surface area contributed by atoms with Crippen molar-refractivity contribution in [2.24, 2.45) is 5.41 Å². The zero-order valence-electron chi connectivity index (χ0n) is 21.0. The molecule has 0 bridgehead atoms. The topological polar surface area (TPSA) is 118 Å². The summed E-state index contributed by atoms with van der Waals surface area (Å²) in [6.45, 7) is 8.36. The number of pyridine rings is 1. The maximum Gasteiger partial charge on any atom is 0.227 e. The molecule has 0 aliphatic carbocycles. The molecule has 4 aromatic rings. The second-order valence-electron chi connectivity index (χ2n) is 9.36. The summed E-state index contributed by atoms with van der Waals surface area (Å²) in [5.74, 6) is 2.72. The van der Waals surface area contributed by atoms with Crippen LogP contribution in [0.4, 0.5) is 17.5 Å². The number of hydrogen-bond donors (Lipinski definition) is 1. The largest absolute Gasteiger partial charge is 0.495 e. The Bertz CT molecular complexity index is 1450. The molecule has 1 aromatic carbocycles. The van der Waals surface area contributed by atoms with E-state index >= 15 is 0 Å². The molecule has 0 saturated carbocycles. The van der Waals surface area contributed by atoms with Gasteiger partial charge in [-0.2, -0.15) is 5.26 Å². The van der Waals surface area contributed by atoms with Gasteiger partial charge in [0.2, 0.25) is 5.95 Å². The highest BCUT2D eigenvalue weighted by atomic mass is 16.5. The zero-order valence-corrected chi connectivity index (χ0v) is 21.0. The molecule has 1 fully saturated rings. The minimum absolute atomic E-state index is 0.287. The van der Waals surface area contributed by atoms with Crippen LogP contribution in [0.15, 0.2) is 36.8 Å². The molecule has 0 amide bonds. The van der Waals surface area contributed by atoms with Crippen LogP contribution in [0.25, 0.3) is 22.3 Å². The van der Waals surface area contributed by atoms with Gasteiger partial charge in [-0.3, -0.25) is 0 Å². The minimum atomic E-state index is -0.287. The molecule has 0 unspecified atom stereocenters. The van der Waals surface area contributed by atoms with Gasteiger partial charge in [-0.1, -0.05) is 0 Å². The molecule has 10 heteroatoms. The van der Waals surface area contributed by atoms with Crippen molar-refractivity contribution in [1.82, 2.24) is 29.7 Å². The maximum atomic E-state index is 9.51. The number of anilines is 3. The van der Waals surface area contributed by atoms with Gasteiger partial charge in [-0.15, -0.1) is 10.2 Å². The molecule has 0 radical (unpaired) electrons. The Morgan fingerprint density at radius 2 is 2.00 bits per heavy atom. The predicted molar refractivity (Wildman–Crippen MR) is 138 cm³/mol. The monoisotopic (exact) mass is 483 g/mol. The summed E-state index contributed by atoms with van der Waals surface area (Å²) < 4.78 is 7.64. The average Bonchev–Trinajstić information content (AvgIpc) is 3.38. The number of nitrogens with one attached hydrogen (secondary N) is 1. The molecule has 184 valence electrons. The van der Waals surface area contributed by atoms with Gasteiger partial charge in [0.15, 0.2) is 11.6 Å². The Labute approximate surface area is 210 Å². The molecule has 10 nitrogen and oxygen atoms in total. The fraction of sp³-hybridized carbons (Fsp3) is 0.385. The molecule has 36 heavy (non-hydrogen) atoms. The number of hydrogen-bond acceptors (Lipinski definition) is 9. The third kappa shape index (κ3) is 4.40. The van der Waals surface area contributed by atoms with E-state index in [-0.39, 0.29) is 5.41 Å². The fourth-order valence-electron chi connectivity index (χ4n) is 4.52. The van der Waals surface area contributed by atoms with E-state index in [0.717, 1.165) is 72.0 Å². The van der Waals surface area contributed by atoms with Crippen LogP contribution in [-0.2, 0) is 6.54 Å². The van der Waals surface area contributed by atoms with Crippen molar-refractivity contribution < 1.29 is 4.74 Å². The molecule has 1 N–H and O–H groups in total. The van der Waals surface area contributed by atoms with E-state index in [9.17, 15) is 5.26 Å². The Morgan fingerprint density at radius 1 is 1.19 bits per heavy atom. The van der Waals surface area contributed by atoms with E-state index in [2.05, 4.69) is 31.5 Å². The van der Waals surface area contributed by atoms with Gasteiger partial charge in [0.05, 0.1) is 24.3 Å². The van der Waals surface area contributed by atoms with Crippen LogP contribution < -0.4 is 15.0 Å². The minimum Gasteiger partial charge on any atom is -0.495 e. The normalized spacial score (nSPS) is 15.0. The Kier molecular flexibility index (Phi) is 6.14. The van der Waals surface area contributed by atoms with Crippen LogP contribution in [-0.4, -0.2) is 49.9 Å². The standard InChI is InChI=1S/C26H29N9O/c1-5-34-16-29-33-23(34)18-6-7-20(21(13-18)36-4)31-25-28-14-19-12-17(2)30-24(22(19)32-25)35-10-8-26(3,15-27)9-11-35/h6-7,12-14,16H,5,8-11H2,1-4H3,(H,28,31,32). The first-order valence-electron chi connectivity index (χ1n) is 12.1. The summed E-state index contributed by atoms with van der Waals surface area (Å²) in [6.07, 6.45) is 5.13. The number of fused-ring (bicyclic) bond motifs is 1. The van der Waals surface area contributed by atoms with Crippen LogP contribution in [0.2, 0.25) is 0 Å². The molecular weight excluding hydrogens is 454 g/mol. The second kappa shape index (κ2) is 9.41. The predicted octanol–water partition coefficient (Wildman–Crippen LogP) is 4.49. The number of ether oxygens (including phenoxy) is 1. The molecule has 0 spiro atoms. The van der Waals surface area contributed by atoms with Crippen LogP contribution in [0, 0.1) is 23.7 Å². The highest BCUT2D eigenvalue weighted by molar-refractivity contribution is 5.89. The number of nitrogens with zero attached hydrogens (tertiary/aromatic N) is 8. The van der Waals surface area contributed by atoms with Crippen LogP contribution in [0.3, 0.4) is 0 Å². The number of benzene rings is 1. The summed E-state index contributed by atoms with van der Waals surface area (Å²) in [4.78, 5) is 16.4. The molecular formula is C26H29N9O. The number of rotatable bonds is 6. The number of aryl methyl sites for hydroxylation is 2. The fourth-order valence-corrected chi connectivity index (χ4v) is 4.52. The van der Waals surface area contributed by atoms with Gasteiger partial charge in [0, 0.05) is 42.5 Å². The van der Waals surface area contributed by atoms with E-state index in [1.54, 1.807) is 13.4 Å². The van der Waals surface area contributed by atoms with Crippen LogP contribution >= 0.6 is 0 Å². The van der Waals surface area contributed by atoms with Crippen molar-refractivity contribution in [3.8, 4) is 23.2 Å². The maximum absolute atomic E-state index is 9.51. The molecule has 0 atom stereocenters. The number of piperidine rings is 1. The molecule has 3 aromatic heterocycles. The lowest BCUT2D eigenvalue weighted by Gasteiger charge is -2.36. The average molecular weight is 484 g/mol. The van der Waals surface area contributed by atoms with E-state index in [0.29, 0.717) is 11.7 Å². The highest BCUT2D eigenvalue weighted by Gasteiger charge is 2.31. The van der Waals surface area contributed by atoms with Gasteiger partial charge in [-0.05, 0) is 57.9 Å². The van der Waals surface area contributed by atoms with Crippen molar-refractivity contribution in [1.29, 1.82) is 5.26 Å².